The van der Waals surface area contributed by atoms with E-state index in [0.29, 0.717) is 47.6 Å². The van der Waals surface area contributed by atoms with Gasteiger partial charge in [0.25, 0.3) is 5.91 Å². The number of rotatable bonds is 4. The van der Waals surface area contributed by atoms with Gasteiger partial charge in [0.1, 0.15) is 5.82 Å². The van der Waals surface area contributed by atoms with E-state index in [1.165, 1.54) is 18.3 Å². The highest BCUT2D eigenvalue weighted by Gasteiger charge is 2.31. The highest BCUT2D eigenvalue weighted by Crippen LogP contribution is 2.35. The first kappa shape index (κ1) is 20.7. The number of hydrogen-bond acceptors (Lipinski definition) is 5. The molecule has 2 aromatic heterocycles. The molecular formula is C23H22FN5O2. The predicted molar refractivity (Wildman–Crippen MR) is 112 cm³/mol. The lowest BCUT2D eigenvalue weighted by Crippen LogP contribution is -2.27. The Hall–Kier alpha value is -3.57. The van der Waals surface area contributed by atoms with E-state index < -0.39 is 6.10 Å². The topological polar surface area (TPSA) is 104 Å². The van der Waals surface area contributed by atoms with Gasteiger partial charge in [0.05, 0.1) is 47.2 Å². The van der Waals surface area contributed by atoms with Crippen molar-refractivity contribution in [2.75, 3.05) is 5.32 Å². The molecule has 0 saturated heterocycles. The minimum atomic E-state index is -0.516. The Morgan fingerprint density at radius 3 is 2.68 bits per heavy atom. The lowest BCUT2D eigenvalue weighted by atomic mass is 9.78. The summed E-state index contributed by atoms with van der Waals surface area (Å²) in [5, 5.41) is 26.5. The predicted octanol–water partition coefficient (Wildman–Crippen LogP) is 3.74. The number of aromatic nitrogens is 3. The molecule has 1 aliphatic rings. The molecular weight excluding hydrogens is 397 g/mol. The number of nitrogens with one attached hydrogen (secondary N) is 1. The van der Waals surface area contributed by atoms with Crippen LogP contribution in [0.4, 0.5) is 10.1 Å². The van der Waals surface area contributed by atoms with E-state index in [2.05, 4.69) is 21.5 Å². The van der Waals surface area contributed by atoms with Gasteiger partial charge in [0, 0.05) is 17.5 Å². The zero-order chi connectivity index (χ0) is 22.0. The summed E-state index contributed by atoms with van der Waals surface area (Å²) in [7, 11) is 0. The second-order valence-electron chi connectivity index (χ2n) is 7.77. The number of aliphatic hydroxyl groups excluding tert-OH is 1. The molecule has 0 radical (unpaired) electrons. The van der Waals surface area contributed by atoms with Crippen LogP contribution in [0.1, 0.15) is 46.9 Å². The van der Waals surface area contributed by atoms with Gasteiger partial charge in [-0.2, -0.15) is 10.4 Å². The molecule has 1 amide bonds. The molecule has 7 nitrogen and oxygen atoms in total. The van der Waals surface area contributed by atoms with E-state index in [9.17, 15) is 19.6 Å². The Morgan fingerprint density at radius 1 is 1.23 bits per heavy atom. The van der Waals surface area contributed by atoms with Gasteiger partial charge in [-0.1, -0.05) is 0 Å². The molecule has 1 aromatic carbocycles. The van der Waals surface area contributed by atoms with Gasteiger partial charge in [-0.05, 0) is 62.6 Å². The van der Waals surface area contributed by atoms with Gasteiger partial charge in [0.15, 0.2) is 0 Å². The molecule has 2 heterocycles. The molecule has 1 aliphatic carbocycles. The van der Waals surface area contributed by atoms with Crippen molar-refractivity contribution in [1.82, 2.24) is 14.8 Å². The van der Waals surface area contributed by atoms with Crippen molar-refractivity contribution in [2.24, 2.45) is 5.92 Å². The number of aliphatic hydroxyl groups is 1. The van der Waals surface area contributed by atoms with Crippen molar-refractivity contribution in [2.45, 2.75) is 38.2 Å². The van der Waals surface area contributed by atoms with Crippen molar-refractivity contribution in [3.05, 3.63) is 71.6 Å². The second kappa shape index (κ2) is 8.66. The fourth-order valence-corrected chi connectivity index (χ4v) is 3.96. The molecule has 158 valence electrons. The minimum absolute atomic E-state index is 0.0739. The van der Waals surface area contributed by atoms with E-state index >= 15 is 0 Å². The summed E-state index contributed by atoms with van der Waals surface area (Å²) in [5.74, 6) is -0.927. The highest BCUT2D eigenvalue weighted by molar-refractivity contribution is 6.04. The summed E-state index contributed by atoms with van der Waals surface area (Å²) >= 11 is 0. The van der Waals surface area contributed by atoms with Crippen LogP contribution in [0, 0.1) is 30.0 Å². The van der Waals surface area contributed by atoms with Gasteiger partial charge >= 0.3 is 0 Å². The van der Waals surface area contributed by atoms with Crippen molar-refractivity contribution in [1.29, 1.82) is 5.26 Å². The largest absolute Gasteiger partial charge is 0.392 e. The van der Waals surface area contributed by atoms with Gasteiger partial charge in [0.2, 0.25) is 0 Å². The quantitative estimate of drug-likeness (QED) is 0.671. The van der Waals surface area contributed by atoms with Gasteiger partial charge < -0.3 is 10.4 Å². The molecule has 0 aliphatic heterocycles. The van der Waals surface area contributed by atoms with Crippen molar-refractivity contribution in [3.8, 4) is 11.8 Å². The number of hydrogen-bond donors (Lipinski definition) is 2. The Bertz CT molecular complexity index is 1120. The Labute approximate surface area is 179 Å². The first-order chi connectivity index (χ1) is 15.0. The molecule has 2 N–H and O–H groups in total. The van der Waals surface area contributed by atoms with Crippen LogP contribution in [0.2, 0.25) is 0 Å². The molecule has 3 aromatic rings. The molecule has 0 spiro atoms. The summed E-state index contributed by atoms with van der Waals surface area (Å²) in [6.07, 6.45) is 4.37. The summed E-state index contributed by atoms with van der Waals surface area (Å²) in [6, 6.07) is 11.7. The maximum absolute atomic E-state index is 13.2. The minimum Gasteiger partial charge on any atom is -0.392 e. The number of nitrogens with zero attached hydrogens (tertiary/aromatic N) is 4. The molecule has 8 heteroatoms. The van der Waals surface area contributed by atoms with Crippen LogP contribution >= 0.6 is 0 Å². The summed E-state index contributed by atoms with van der Waals surface area (Å²) < 4.78 is 14.7. The second-order valence-corrected chi connectivity index (χ2v) is 7.77. The number of amides is 1. The number of anilines is 1. The number of nitriles is 1. The lowest BCUT2D eigenvalue weighted by Gasteiger charge is -2.29. The number of pyridine rings is 1. The number of halogens is 1. The number of benzene rings is 1. The van der Waals surface area contributed by atoms with Crippen molar-refractivity contribution < 1.29 is 14.3 Å². The summed E-state index contributed by atoms with van der Waals surface area (Å²) in [6.45, 7) is 1.77. The van der Waals surface area contributed by atoms with Crippen LogP contribution in [-0.4, -0.2) is 31.9 Å². The zero-order valence-electron chi connectivity index (χ0n) is 17.0. The normalized spacial score (nSPS) is 20.8. The fourth-order valence-electron chi connectivity index (χ4n) is 3.96. The molecule has 0 bridgehead atoms. The first-order valence-electron chi connectivity index (χ1n) is 10.1. The van der Waals surface area contributed by atoms with Gasteiger partial charge in [-0.15, -0.1) is 0 Å². The molecule has 1 saturated carbocycles. The van der Waals surface area contributed by atoms with Crippen LogP contribution in [0.15, 0.2) is 48.8 Å². The average molecular weight is 419 g/mol. The van der Waals surface area contributed by atoms with Gasteiger partial charge in [-0.3, -0.25) is 9.78 Å². The van der Waals surface area contributed by atoms with Crippen molar-refractivity contribution >= 4 is 11.6 Å². The monoisotopic (exact) mass is 419 g/mol. The SMILES string of the molecule is Cc1c(C(=O)Nc2ccc(C3CC(C#N)CCC3O)nc2)cnn1-c1ccc(F)cc1. The molecule has 1 fully saturated rings. The average Bonchev–Trinajstić information content (AvgIpc) is 3.17. The highest BCUT2D eigenvalue weighted by atomic mass is 19.1. The van der Waals surface area contributed by atoms with Crippen LogP contribution in [0.5, 0.6) is 0 Å². The smallest absolute Gasteiger partial charge is 0.259 e. The van der Waals surface area contributed by atoms with Gasteiger partial charge in [-0.25, -0.2) is 9.07 Å². The number of carbonyl (C=O) groups is 1. The standard InChI is InChI=1S/C23H22FN5O2/c1-14-20(13-27-29(14)18-6-3-16(24)4-7-18)23(31)28-17-5-8-21(26-12-17)19-10-15(11-25)2-9-22(19)30/h3-8,12-13,15,19,22,30H,2,9-10H2,1H3,(H,28,31). The third kappa shape index (κ3) is 4.32. The molecule has 4 rings (SSSR count). The molecule has 3 atom stereocenters. The maximum atomic E-state index is 13.2. The van der Waals surface area contributed by atoms with E-state index in [-0.39, 0.29) is 23.6 Å². The Kier molecular flexibility index (Phi) is 5.78. The zero-order valence-corrected chi connectivity index (χ0v) is 17.0. The lowest BCUT2D eigenvalue weighted by molar-refractivity contribution is 0.0928. The van der Waals surface area contributed by atoms with E-state index in [1.807, 2.05) is 0 Å². The molecule has 31 heavy (non-hydrogen) atoms. The Morgan fingerprint density at radius 2 is 2.00 bits per heavy atom. The van der Waals surface area contributed by atoms with Crippen LogP contribution in [0.3, 0.4) is 0 Å². The molecule has 3 unspecified atom stereocenters. The first-order valence-corrected chi connectivity index (χ1v) is 10.1. The van der Waals surface area contributed by atoms with Crippen LogP contribution < -0.4 is 5.32 Å². The third-order valence-corrected chi connectivity index (χ3v) is 5.75. The maximum Gasteiger partial charge on any atom is 0.259 e. The van der Waals surface area contributed by atoms with Crippen molar-refractivity contribution in [3.63, 3.8) is 0 Å². The van der Waals surface area contributed by atoms with E-state index in [4.69, 9.17) is 0 Å². The van der Waals surface area contributed by atoms with Crippen LogP contribution in [0.25, 0.3) is 5.69 Å². The fraction of sp³-hybridized carbons (Fsp3) is 0.304. The van der Waals surface area contributed by atoms with E-state index in [0.717, 1.165) is 0 Å². The Balaban J connectivity index is 1.47. The summed E-state index contributed by atoms with van der Waals surface area (Å²) in [4.78, 5) is 17.1. The summed E-state index contributed by atoms with van der Waals surface area (Å²) in [5.41, 5.74) is 2.91. The third-order valence-electron chi connectivity index (χ3n) is 5.75. The van der Waals surface area contributed by atoms with Crippen LogP contribution in [-0.2, 0) is 0 Å². The number of carbonyl (C=O) groups excluding carboxylic acids is 1. The van der Waals surface area contributed by atoms with E-state index in [1.54, 1.807) is 42.1 Å².